The van der Waals surface area contributed by atoms with E-state index in [0.29, 0.717) is 19.0 Å². The van der Waals surface area contributed by atoms with Crippen LogP contribution in [0, 0.1) is 0 Å². The Labute approximate surface area is 114 Å². The largest absolute Gasteiger partial charge is 0.382 e. The first kappa shape index (κ1) is 15.5. The van der Waals surface area contributed by atoms with Gasteiger partial charge in [-0.1, -0.05) is 0 Å². The molecule has 1 rings (SSSR count). The Balaban J connectivity index is 2.44. The molecule has 0 amide bonds. The van der Waals surface area contributed by atoms with Gasteiger partial charge in [0.15, 0.2) is 0 Å². The molecule has 0 aliphatic carbocycles. The van der Waals surface area contributed by atoms with Crippen LogP contribution in [-0.4, -0.2) is 47.2 Å². The Bertz CT molecular complexity index is 389. The number of hydrazine groups is 1. The Morgan fingerprint density at radius 2 is 2.42 bits per heavy atom. The van der Waals surface area contributed by atoms with Gasteiger partial charge < -0.3 is 14.2 Å². The predicted octanol–water partition coefficient (Wildman–Crippen LogP) is 0.0978. The lowest BCUT2D eigenvalue weighted by atomic mass is 10.4. The Kier molecular flexibility index (Phi) is 6.91. The van der Waals surface area contributed by atoms with Gasteiger partial charge in [-0.05, 0) is 13.3 Å². The van der Waals surface area contributed by atoms with Gasteiger partial charge in [-0.2, -0.15) is 0 Å². The van der Waals surface area contributed by atoms with Crippen LogP contribution in [0.5, 0.6) is 0 Å². The molecule has 0 saturated carbocycles. The highest BCUT2D eigenvalue weighted by molar-refractivity contribution is 5.78. The Morgan fingerprint density at radius 3 is 3.00 bits per heavy atom. The van der Waals surface area contributed by atoms with Crippen LogP contribution in [0.2, 0.25) is 0 Å². The lowest BCUT2D eigenvalue weighted by Gasteiger charge is -2.20. The van der Waals surface area contributed by atoms with E-state index < -0.39 is 0 Å². The first-order valence-corrected chi connectivity index (χ1v) is 6.45. The number of aromatic nitrogens is 2. The van der Waals surface area contributed by atoms with Gasteiger partial charge in [0, 0.05) is 46.2 Å². The fourth-order valence-corrected chi connectivity index (χ4v) is 1.61. The predicted molar refractivity (Wildman–Crippen MR) is 75.4 cm³/mol. The van der Waals surface area contributed by atoms with E-state index >= 15 is 0 Å². The minimum Gasteiger partial charge on any atom is -0.382 e. The highest BCUT2D eigenvalue weighted by atomic mass is 16.5. The van der Waals surface area contributed by atoms with Crippen LogP contribution in [0.15, 0.2) is 17.4 Å². The first-order chi connectivity index (χ1) is 9.19. The van der Waals surface area contributed by atoms with Gasteiger partial charge in [-0.15, -0.1) is 0 Å². The number of hydrogen-bond donors (Lipinski definition) is 2. The summed E-state index contributed by atoms with van der Waals surface area (Å²) in [6, 6.07) is 0. The van der Waals surface area contributed by atoms with Crippen molar-refractivity contribution in [3.8, 4) is 0 Å². The normalized spacial score (nSPS) is 11.7. The maximum atomic E-state index is 5.50. The number of guanidine groups is 1. The molecule has 0 unspecified atom stereocenters. The van der Waals surface area contributed by atoms with Crippen molar-refractivity contribution in [2.75, 3.05) is 26.8 Å². The molecule has 1 aromatic heterocycles. The third-order valence-corrected chi connectivity index (χ3v) is 2.70. The van der Waals surface area contributed by atoms with Crippen LogP contribution >= 0.6 is 0 Å². The molecule has 0 fully saturated rings. The lowest BCUT2D eigenvalue weighted by Crippen LogP contribution is -2.42. The van der Waals surface area contributed by atoms with Gasteiger partial charge in [-0.3, -0.25) is 10.4 Å². The molecule has 1 aromatic rings. The van der Waals surface area contributed by atoms with Crippen LogP contribution in [-0.2, 0) is 18.3 Å². The quantitative estimate of drug-likeness (QED) is 0.241. The summed E-state index contributed by atoms with van der Waals surface area (Å²) >= 11 is 0. The number of ether oxygens (including phenoxy) is 1. The molecule has 0 saturated heterocycles. The summed E-state index contributed by atoms with van der Waals surface area (Å²) in [6.07, 6.45) is 4.57. The number of imidazole rings is 1. The minimum absolute atomic E-state index is 0.651. The van der Waals surface area contributed by atoms with Crippen LogP contribution < -0.4 is 11.3 Å². The molecule has 0 spiro atoms. The molecule has 0 aromatic carbocycles. The fourth-order valence-electron chi connectivity index (χ4n) is 1.61. The van der Waals surface area contributed by atoms with E-state index in [2.05, 4.69) is 15.4 Å². The number of nitrogens with zero attached hydrogens (tertiary/aromatic N) is 4. The second-order valence-corrected chi connectivity index (χ2v) is 4.21. The number of nitrogens with two attached hydrogens (primary N) is 1. The van der Waals surface area contributed by atoms with Gasteiger partial charge in [0.25, 0.3) is 0 Å². The molecule has 0 atom stereocenters. The smallest absolute Gasteiger partial charge is 0.208 e. The summed E-state index contributed by atoms with van der Waals surface area (Å²) in [7, 11) is 3.89. The lowest BCUT2D eigenvalue weighted by molar-refractivity contribution is 0.146. The topological polar surface area (TPSA) is 80.7 Å². The monoisotopic (exact) mass is 268 g/mol. The molecule has 1 heterocycles. The van der Waals surface area contributed by atoms with E-state index in [1.54, 1.807) is 6.20 Å². The van der Waals surface area contributed by atoms with Crippen LogP contribution in [0.25, 0.3) is 0 Å². The highest BCUT2D eigenvalue weighted by Crippen LogP contribution is 1.99. The van der Waals surface area contributed by atoms with E-state index in [0.717, 1.165) is 25.5 Å². The van der Waals surface area contributed by atoms with E-state index in [4.69, 9.17) is 10.6 Å². The van der Waals surface area contributed by atoms with Crippen molar-refractivity contribution in [1.82, 2.24) is 19.9 Å². The molecule has 7 heteroatoms. The van der Waals surface area contributed by atoms with E-state index in [9.17, 15) is 0 Å². The molecule has 0 aliphatic rings. The van der Waals surface area contributed by atoms with Crippen molar-refractivity contribution < 1.29 is 4.74 Å². The van der Waals surface area contributed by atoms with Gasteiger partial charge in [-0.25, -0.2) is 10.8 Å². The maximum Gasteiger partial charge on any atom is 0.208 e. The number of hydrogen-bond acceptors (Lipinski definition) is 4. The maximum absolute atomic E-state index is 5.50. The molecule has 3 N–H and O–H groups in total. The van der Waals surface area contributed by atoms with Crippen molar-refractivity contribution in [2.45, 2.75) is 19.9 Å². The van der Waals surface area contributed by atoms with Crippen molar-refractivity contribution in [3.63, 3.8) is 0 Å². The summed E-state index contributed by atoms with van der Waals surface area (Å²) in [5.41, 5.74) is 2.62. The SMILES string of the molecule is CCOCCCN=C(NN)N(C)Cc1nccn1C. The molecular formula is C12H24N6O. The van der Waals surface area contributed by atoms with Gasteiger partial charge in [0.2, 0.25) is 5.96 Å². The summed E-state index contributed by atoms with van der Waals surface area (Å²) in [4.78, 5) is 10.6. The second kappa shape index (κ2) is 8.49. The second-order valence-electron chi connectivity index (χ2n) is 4.21. The van der Waals surface area contributed by atoms with Crippen LogP contribution in [0.1, 0.15) is 19.2 Å². The van der Waals surface area contributed by atoms with Crippen molar-refractivity contribution in [3.05, 3.63) is 18.2 Å². The zero-order valence-corrected chi connectivity index (χ0v) is 12.0. The van der Waals surface area contributed by atoms with Gasteiger partial charge in [0.05, 0.1) is 6.54 Å². The van der Waals surface area contributed by atoms with E-state index in [1.807, 2.05) is 36.7 Å². The third kappa shape index (κ3) is 5.27. The molecule has 0 bridgehead atoms. The average Bonchev–Trinajstić information content (AvgIpc) is 2.79. The number of rotatable bonds is 7. The van der Waals surface area contributed by atoms with Crippen molar-refractivity contribution in [1.29, 1.82) is 0 Å². The third-order valence-electron chi connectivity index (χ3n) is 2.70. The number of nitrogens with one attached hydrogen (secondary N) is 1. The molecule has 19 heavy (non-hydrogen) atoms. The summed E-state index contributed by atoms with van der Waals surface area (Å²) < 4.78 is 7.23. The minimum atomic E-state index is 0.651. The van der Waals surface area contributed by atoms with Crippen molar-refractivity contribution in [2.24, 2.45) is 17.9 Å². The molecule has 7 nitrogen and oxygen atoms in total. The summed E-state index contributed by atoms with van der Waals surface area (Å²) in [5, 5.41) is 0. The van der Waals surface area contributed by atoms with Gasteiger partial charge in [0.1, 0.15) is 5.82 Å². The van der Waals surface area contributed by atoms with Gasteiger partial charge >= 0.3 is 0 Å². The van der Waals surface area contributed by atoms with E-state index in [1.165, 1.54) is 0 Å². The number of aliphatic imine (C=N–C) groups is 1. The molecular weight excluding hydrogens is 244 g/mol. The van der Waals surface area contributed by atoms with Crippen molar-refractivity contribution >= 4 is 5.96 Å². The number of aryl methyl sites for hydroxylation is 1. The first-order valence-electron chi connectivity index (χ1n) is 6.45. The molecule has 0 radical (unpaired) electrons. The van der Waals surface area contributed by atoms with Crippen LogP contribution in [0.3, 0.4) is 0 Å². The fraction of sp³-hybridized carbons (Fsp3) is 0.667. The summed E-state index contributed by atoms with van der Waals surface area (Å²) in [5.74, 6) is 7.11. The average molecular weight is 268 g/mol. The zero-order valence-electron chi connectivity index (χ0n) is 12.0. The highest BCUT2D eigenvalue weighted by Gasteiger charge is 2.08. The molecule has 108 valence electrons. The summed E-state index contributed by atoms with van der Waals surface area (Å²) in [6.45, 7) is 4.78. The van der Waals surface area contributed by atoms with E-state index in [-0.39, 0.29) is 0 Å². The standard InChI is InChI=1S/C12H24N6O/c1-4-19-9-5-6-15-12(16-13)18(3)10-11-14-7-8-17(11)2/h7-8H,4-6,9-10,13H2,1-3H3,(H,15,16). The Morgan fingerprint density at radius 1 is 1.63 bits per heavy atom. The molecule has 0 aliphatic heterocycles. The Hall–Kier alpha value is -1.60. The van der Waals surface area contributed by atoms with Crippen LogP contribution in [0.4, 0.5) is 0 Å². The zero-order chi connectivity index (χ0) is 14.1.